The van der Waals surface area contributed by atoms with Crippen LogP contribution in [0.4, 0.5) is 18.0 Å². The van der Waals surface area contributed by atoms with Crippen LogP contribution in [-0.2, 0) is 15.7 Å². The number of hydrogen-bond acceptors (Lipinski definition) is 4. The third-order valence-electron chi connectivity index (χ3n) is 3.74. The molecule has 0 spiro atoms. The van der Waals surface area contributed by atoms with Crippen molar-refractivity contribution in [2.24, 2.45) is 0 Å². The van der Waals surface area contributed by atoms with Crippen LogP contribution in [0.5, 0.6) is 5.75 Å². The summed E-state index contributed by atoms with van der Waals surface area (Å²) in [6.45, 7) is 4.74. The number of nitrogens with zero attached hydrogens (tertiary/aromatic N) is 1. The van der Waals surface area contributed by atoms with Gasteiger partial charge in [-0.1, -0.05) is 17.7 Å². The van der Waals surface area contributed by atoms with Crippen molar-refractivity contribution >= 4 is 23.7 Å². The molecule has 0 radical (unpaired) electrons. The number of likely N-dealkylation sites (tertiary alicyclic amines) is 1. The zero-order chi connectivity index (χ0) is 20.6. The third kappa shape index (κ3) is 5.18. The van der Waals surface area contributed by atoms with Gasteiger partial charge in [-0.05, 0) is 32.9 Å². The minimum absolute atomic E-state index is 0.110. The molecule has 1 fully saturated rings. The lowest BCUT2D eigenvalue weighted by molar-refractivity contribution is -0.142. The number of aliphatic carboxylic acids is 1. The van der Waals surface area contributed by atoms with Crippen LogP contribution < -0.4 is 4.74 Å². The minimum atomic E-state index is -4.65. The van der Waals surface area contributed by atoms with Gasteiger partial charge in [0.2, 0.25) is 0 Å². The Hall–Kier alpha value is -2.16. The summed E-state index contributed by atoms with van der Waals surface area (Å²) in [5.74, 6) is -1.49. The van der Waals surface area contributed by atoms with E-state index in [-0.39, 0.29) is 18.7 Å². The van der Waals surface area contributed by atoms with Gasteiger partial charge in [-0.25, -0.2) is 9.59 Å². The number of carboxylic acid groups (broad SMARTS) is 1. The molecular formula is C17H19ClF3NO5. The highest BCUT2D eigenvalue weighted by Gasteiger charge is 2.43. The molecule has 1 aliphatic rings. The molecule has 1 amide bonds. The van der Waals surface area contributed by atoms with Crippen molar-refractivity contribution in [2.45, 2.75) is 51.1 Å². The van der Waals surface area contributed by atoms with Gasteiger partial charge in [0.25, 0.3) is 0 Å². The van der Waals surface area contributed by atoms with Crippen molar-refractivity contribution in [2.75, 3.05) is 6.54 Å². The molecule has 0 saturated carbocycles. The lowest BCUT2D eigenvalue weighted by atomic mass is 10.2. The predicted molar refractivity (Wildman–Crippen MR) is 89.9 cm³/mol. The number of rotatable bonds is 3. The van der Waals surface area contributed by atoms with E-state index in [9.17, 15) is 27.9 Å². The van der Waals surface area contributed by atoms with Crippen LogP contribution in [0.3, 0.4) is 0 Å². The van der Waals surface area contributed by atoms with E-state index in [2.05, 4.69) is 0 Å². The summed E-state index contributed by atoms with van der Waals surface area (Å²) in [5.41, 5.74) is -1.89. The van der Waals surface area contributed by atoms with Crippen LogP contribution in [0, 0.1) is 0 Å². The second-order valence-corrected chi connectivity index (χ2v) is 7.46. The number of alkyl halides is 3. The Labute approximate surface area is 158 Å². The number of benzene rings is 1. The Kier molecular flexibility index (Phi) is 5.84. The summed E-state index contributed by atoms with van der Waals surface area (Å²) in [5, 5.41) is 8.72. The van der Waals surface area contributed by atoms with E-state index < -0.39 is 46.6 Å². The molecule has 0 aliphatic carbocycles. The molecular weight excluding hydrogens is 391 g/mol. The molecule has 150 valence electrons. The Morgan fingerprint density at radius 2 is 1.89 bits per heavy atom. The fourth-order valence-electron chi connectivity index (χ4n) is 2.64. The molecule has 6 nitrogen and oxygen atoms in total. The van der Waals surface area contributed by atoms with Gasteiger partial charge in [-0.2, -0.15) is 13.2 Å². The molecule has 27 heavy (non-hydrogen) atoms. The van der Waals surface area contributed by atoms with E-state index >= 15 is 0 Å². The van der Waals surface area contributed by atoms with E-state index in [0.717, 1.165) is 17.0 Å². The van der Waals surface area contributed by atoms with Crippen molar-refractivity contribution in [3.63, 3.8) is 0 Å². The third-order valence-corrected chi connectivity index (χ3v) is 4.13. The first-order valence-corrected chi connectivity index (χ1v) is 8.42. The van der Waals surface area contributed by atoms with Crippen LogP contribution in [0.2, 0.25) is 5.02 Å². The highest BCUT2D eigenvalue weighted by Crippen LogP contribution is 2.40. The van der Waals surface area contributed by atoms with Crippen LogP contribution >= 0.6 is 11.6 Å². The Morgan fingerprint density at radius 3 is 2.41 bits per heavy atom. The van der Waals surface area contributed by atoms with Crippen LogP contribution in [0.1, 0.15) is 32.8 Å². The number of amides is 1. The second kappa shape index (κ2) is 7.46. The van der Waals surface area contributed by atoms with E-state index in [0.29, 0.717) is 0 Å². The number of carbonyl (C=O) groups is 2. The molecule has 1 N–H and O–H groups in total. The number of carboxylic acids is 1. The first-order valence-electron chi connectivity index (χ1n) is 8.04. The summed E-state index contributed by atoms with van der Waals surface area (Å²) in [6.07, 6.45) is -6.45. The Morgan fingerprint density at radius 1 is 1.26 bits per heavy atom. The predicted octanol–water partition coefficient (Wildman–Crippen LogP) is 4.20. The first-order chi connectivity index (χ1) is 12.3. The molecule has 2 rings (SSSR count). The van der Waals surface area contributed by atoms with Gasteiger partial charge in [0, 0.05) is 6.42 Å². The van der Waals surface area contributed by atoms with Gasteiger partial charge in [0.1, 0.15) is 23.5 Å². The standard InChI is InChI=1S/C17H19ClF3NO5/c1-16(2,3)27-15(25)22-8-9(7-11(22)14(23)24)26-12-6-4-5-10(13(12)18)17(19,20)21/h4-6,9,11H,7-8H2,1-3H3,(H,23,24)/t9-,11+/m1/s1. The smallest absolute Gasteiger partial charge is 0.417 e. The average Bonchev–Trinajstić information content (AvgIpc) is 2.91. The van der Waals surface area contributed by atoms with Gasteiger partial charge in [-0.3, -0.25) is 4.90 Å². The molecule has 1 aliphatic heterocycles. The first kappa shape index (κ1) is 21.1. The van der Waals surface area contributed by atoms with Crippen molar-refractivity contribution in [3.8, 4) is 5.75 Å². The average molecular weight is 410 g/mol. The summed E-state index contributed by atoms with van der Waals surface area (Å²) in [7, 11) is 0. The van der Waals surface area contributed by atoms with Crippen molar-refractivity contribution in [3.05, 3.63) is 28.8 Å². The topological polar surface area (TPSA) is 76.1 Å². The molecule has 1 aromatic carbocycles. The van der Waals surface area contributed by atoms with Crippen LogP contribution in [0.25, 0.3) is 0 Å². The van der Waals surface area contributed by atoms with E-state index in [4.69, 9.17) is 21.1 Å². The second-order valence-electron chi connectivity index (χ2n) is 7.08. The molecule has 0 aromatic heterocycles. The van der Waals surface area contributed by atoms with Crippen LogP contribution in [0.15, 0.2) is 18.2 Å². The fraction of sp³-hybridized carbons (Fsp3) is 0.529. The summed E-state index contributed by atoms with van der Waals surface area (Å²) < 4.78 is 49.5. The van der Waals surface area contributed by atoms with Crippen LogP contribution in [-0.4, -0.2) is 46.4 Å². The zero-order valence-electron chi connectivity index (χ0n) is 14.8. The molecule has 0 bridgehead atoms. The van der Waals surface area contributed by atoms with Crippen molar-refractivity contribution in [1.29, 1.82) is 0 Å². The van der Waals surface area contributed by atoms with E-state index in [1.54, 1.807) is 20.8 Å². The molecule has 2 atom stereocenters. The van der Waals surface area contributed by atoms with Gasteiger partial charge in [-0.15, -0.1) is 0 Å². The maximum Gasteiger partial charge on any atom is 0.417 e. The molecule has 1 aromatic rings. The number of ether oxygens (including phenoxy) is 2. The zero-order valence-corrected chi connectivity index (χ0v) is 15.6. The summed E-state index contributed by atoms with van der Waals surface area (Å²) in [6, 6.07) is 1.99. The van der Waals surface area contributed by atoms with Gasteiger partial charge < -0.3 is 14.6 Å². The van der Waals surface area contributed by atoms with Gasteiger partial charge in [0.15, 0.2) is 0 Å². The highest BCUT2D eigenvalue weighted by atomic mass is 35.5. The number of halogens is 4. The largest absolute Gasteiger partial charge is 0.487 e. The van der Waals surface area contributed by atoms with E-state index in [1.165, 1.54) is 6.07 Å². The molecule has 1 heterocycles. The van der Waals surface area contributed by atoms with E-state index in [1.807, 2.05) is 0 Å². The van der Waals surface area contributed by atoms with Gasteiger partial charge >= 0.3 is 18.2 Å². The highest BCUT2D eigenvalue weighted by molar-refractivity contribution is 6.32. The van der Waals surface area contributed by atoms with Crippen molar-refractivity contribution < 1.29 is 37.3 Å². The summed E-state index contributed by atoms with van der Waals surface area (Å²) in [4.78, 5) is 24.7. The number of carbonyl (C=O) groups excluding carboxylic acids is 1. The monoisotopic (exact) mass is 409 g/mol. The minimum Gasteiger partial charge on any atom is -0.487 e. The SMILES string of the molecule is CC(C)(C)OC(=O)N1C[C@H](Oc2cccc(C(F)(F)F)c2Cl)C[C@H]1C(=O)O. The Balaban J connectivity index is 2.20. The lowest BCUT2D eigenvalue weighted by Crippen LogP contribution is -2.43. The van der Waals surface area contributed by atoms with Crippen molar-refractivity contribution in [1.82, 2.24) is 4.90 Å². The Bertz CT molecular complexity index is 732. The van der Waals surface area contributed by atoms with Gasteiger partial charge in [0.05, 0.1) is 17.1 Å². The molecule has 10 heteroatoms. The summed E-state index contributed by atoms with van der Waals surface area (Å²) >= 11 is 5.79. The lowest BCUT2D eigenvalue weighted by Gasteiger charge is -2.26. The fourth-order valence-corrected chi connectivity index (χ4v) is 2.92. The molecule has 1 saturated heterocycles. The normalized spacial score (nSPS) is 20.5. The maximum absolute atomic E-state index is 12.9. The quantitative estimate of drug-likeness (QED) is 0.809. The maximum atomic E-state index is 12.9. The molecule has 0 unspecified atom stereocenters. The number of hydrogen-bond donors (Lipinski definition) is 1.